The SMILES string of the molecule is CNC(CC1CCOC1)c1ccn(C)n1. The van der Waals surface area contributed by atoms with Crippen molar-refractivity contribution in [2.75, 3.05) is 20.3 Å². The van der Waals surface area contributed by atoms with E-state index in [1.807, 2.05) is 25.0 Å². The smallest absolute Gasteiger partial charge is 0.0793 e. The second-order valence-electron chi connectivity index (χ2n) is 4.22. The molecule has 0 spiro atoms. The van der Waals surface area contributed by atoms with Gasteiger partial charge in [0.1, 0.15) is 0 Å². The molecule has 0 saturated carbocycles. The molecule has 2 rings (SSSR count). The molecule has 1 aliphatic heterocycles. The van der Waals surface area contributed by atoms with Crippen molar-refractivity contribution in [1.29, 1.82) is 0 Å². The Morgan fingerprint density at radius 1 is 1.73 bits per heavy atom. The van der Waals surface area contributed by atoms with Gasteiger partial charge in [-0.25, -0.2) is 0 Å². The summed E-state index contributed by atoms with van der Waals surface area (Å²) in [5, 5.41) is 7.76. The van der Waals surface area contributed by atoms with E-state index in [0.29, 0.717) is 12.0 Å². The number of hydrogen-bond donors (Lipinski definition) is 1. The third-order valence-corrected chi connectivity index (χ3v) is 3.03. The van der Waals surface area contributed by atoms with Gasteiger partial charge in [-0.2, -0.15) is 5.10 Å². The van der Waals surface area contributed by atoms with Crippen LogP contribution in [0.3, 0.4) is 0 Å². The van der Waals surface area contributed by atoms with Gasteiger partial charge >= 0.3 is 0 Å². The lowest BCUT2D eigenvalue weighted by Gasteiger charge is -2.17. The van der Waals surface area contributed by atoms with Gasteiger partial charge in [-0.1, -0.05) is 0 Å². The first-order valence-electron chi connectivity index (χ1n) is 5.54. The highest BCUT2D eigenvalue weighted by molar-refractivity contribution is 5.05. The molecule has 1 aromatic heterocycles. The molecule has 0 aromatic carbocycles. The second kappa shape index (κ2) is 4.77. The molecule has 0 radical (unpaired) electrons. The van der Waals surface area contributed by atoms with Gasteiger partial charge in [0, 0.05) is 26.5 Å². The maximum absolute atomic E-state index is 5.39. The van der Waals surface area contributed by atoms with E-state index in [2.05, 4.69) is 16.5 Å². The van der Waals surface area contributed by atoms with Crippen molar-refractivity contribution in [2.45, 2.75) is 18.9 Å². The molecule has 1 saturated heterocycles. The summed E-state index contributed by atoms with van der Waals surface area (Å²) in [4.78, 5) is 0. The van der Waals surface area contributed by atoms with E-state index in [9.17, 15) is 0 Å². The molecule has 1 aromatic rings. The summed E-state index contributed by atoms with van der Waals surface area (Å²) in [6.07, 6.45) is 4.29. The molecular weight excluding hydrogens is 190 g/mol. The number of ether oxygens (including phenoxy) is 1. The molecule has 84 valence electrons. The summed E-state index contributed by atoms with van der Waals surface area (Å²) >= 11 is 0. The van der Waals surface area contributed by atoms with E-state index in [4.69, 9.17) is 4.74 Å². The Labute approximate surface area is 90.6 Å². The molecule has 0 amide bonds. The number of nitrogens with zero attached hydrogens (tertiary/aromatic N) is 2. The lowest BCUT2D eigenvalue weighted by Crippen LogP contribution is -2.20. The fourth-order valence-corrected chi connectivity index (χ4v) is 2.11. The minimum atomic E-state index is 0.359. The summed E-state index contributed by atoms with van der Waals surface area (Å²) in [5.41, 5.74) is 1.13. The largest absolute Gasteiger partial charge is 0.381 e. The van der Waals surface area contributed by atoms with Crippen LogP contribution in [0.25, 0.3) is 0 Å². The molecule has 2 atom stereocenters. The highest BCUT2D eigenvalue weighted by Crippen LogP contribution is 2.25. The van der Waals surface area contributed by atoms with Crippen LogP contribution in [0.15, 0.2) is 12.3 Å². The molecule has 0 aliphatic carbocycles. The Balaban J connectivity index is 1.97. The zero-order valence-electron chi connectivity index (χ0n) is 9.44. The van der Waals surface area contributed by atoms with E-state index in [-0.39, 0.29) is 0 Å². The van der Waals surface area contributed by atoms with Crippen LogP contribution >= 0.6 is 0 Å². The third-order valence-electron chi connectivity index (χ3n) is 3.03. The third kappa shape index (κ3) is 2.58. The van der Waals surface area contributed by atoms with Crippen LogP contribution in [0.4, 0.5) is 0 Å². The molecule has 2 heterocycles. The van der Waals surface area contributed by atoms with E-state index in [0.717, 1.165) is 25.3 Å². The van der Waals surface area contributed by atoms with Gasteiger partial charge in [-0.05, 0) is 31.9 Å². The van der Waals surface area contributed by atoms with Gasteiger partial charge in [-0.15, -0.1) is 0 Å². The van der Waals surface area contributed by atoms with E-state index >= 15 is 0 Å². The molecule has 1 N–H and O–H groups in total. The predicted octanol–water partition coefficient (Wildman–Crippen LogP) is 1.11. The monoisotopic (exact) mass is 209 g/mol. The summed E-state index contributed by atoms with van der Waals surface area (Å²) in [6, 6.07) is 2.44. The van der Waals surface area contributed by atoms with Gasteiger partial charge in [0.25, 0.3) is 0 Å². The molecule has 0 bridgehead atoms. The molecular formula is C11H19N3O. The standard InChI is InChI=1S/C11H19N3O/c1-12-11(7-9-4-6-15-8-9)10-3-5-14(2)13-10/h3,5,9,11-12H,4,6-8H2,1-2H3. The average Bonchev–Trinajstić information content (AvgIpc) is 2.85. The van der Waals surface area contributed by atoms with Crippen molar-refractivity contribution >= 4 is 0 Å². The fourth-order valence-electron chi connectivity index (χ4n) is 2.11. The molecule has 4 heteroatoms. The molecule has 4 nitrogen and oxygen atoms in total. The Bertz CT molecular complexity index is 305. The lowest BCUT2D eigenvalue weighted by atomic mass is 9.97. The normalized spacial score (nSPS) is 23.2. The summed E-state index contributed by atoms with van der Waals surface area (Å²) < 4.78 is 7.24. The van der Waals surface area contributed by atoms with E-state index < -0.39 is 0 Å². The minimum Gasteiger partial charge on any atom is -0.381 e. The maximum atomic E-state index is 5.39. The first-order chi connectivity index (χ1) is 7.29. The van der Waals surface area contributed by atoms with Crippen molar-refractivity contribution in [3.8, 4) is 0 Å². The van der Waals surface area contributed by atoms with E-state index in [1.165, 1.54) is 6.42 Å². The topological polar surface area (TPSA) is 39.1 Å². The summed E-state index contributed by atoms with van der Waals surface area (Å²) in [5.74, 6) is 0.685. The quantitative estimate of drug-likeness (QED) is 0.807. The van der Waals surface area contributed by atoms with Crippen LogP contribution in [-0.4, -0.2) is 30.0 Å². The number of rotatable bonds is 4. The van der Waals surface area contributed by atoms with Crippen LogP contribution < -0.4 is 5.32 Å². The zero-order chi connectivity index (χ0) is 10.7. The van der Waals surface area contributed by atoms with Crippen molar-refractivity contribution in [1.82, 2.24) is 15.1 Å². The number of nitrogens with one attached hydrogen (secondary N) is 1. The van der Waals surface area contributed by atoms with E-state index in [1.54, 1.807) is 0 Å². The Morgan fingerprint density at radius 2 is 2.60 bits per heavy atom. The molecule has 15 heavy (non-hydrogen) atoms. The van der Waals surface area contributed by atoms with Crippen LogP contribution in [0, 0.1) is 5.92 Å². The summed E-state index contributed by atoms with van der Waals surface area (Å²) in [7, 11) is 3.95. The maximum Gasteiger partial charge on any atom is 0.0793 e. The van der Waals surface area contributed by atoms with Gasteiger partial charge in [0.15, 0.2) is 0 Å². The summed E-state index contributed by atoms with van der Waals surface area (Å²) in [6.45, 7) is 1.83. The molecule has 1 aliphatic rings. The first kappa shape index (κ1) is 10.6. The second-order valence-corrected chi connectivity index (χ2v) is 4.22. The van der Waals surface area contributed by atoms with Crippen molar-refractivity contribution in [3.05, 3.63) is 18.0 Å². The Morgan fingerprint density at radius 3 is 3.13 bits per heavy atom. The van der Waals surface area contributed by atoms with Gasteiger partial charge in [0.2, 0.25) is 0 Å². The number of aromatic nitrogens is 2. The Kier molecular flexibility index (Phi) is 3.38. The lowest BCUT2D eigenvalue weighted by molar-refractivity contribution is 0.181. The fraction of sp³-hybridized carbons (Fsp3) is 0.727. The van der Waals surface area contributed by atoms with Gasteiger partial charge in [-0.3, -0.25) is 4.68 Å². The Hall–Kier alpha value is -0.870. The average molecular weight is 209 g/mol. The number of aryl methyl sites for hydroxylation is 1. The van der Waals surface area contributed by atoms with Crippen molar-refractivity contribution < 1.29 is 4.74 Å². The zero-order valence-corrected chi connectivity index (χ0v) is 9.44. The number of hydrogen-bond acceptors (Lipinski definition) is 3. The van der Waals surface area contributed by atoms with Crippen LogP contribution in [0.1, 0.15) is 24.6 Å². The highest BCUT2D eigenvalue weighted by Gasteiger charge is 2.21. The van der Waals surface area contributed by atoms with Crippen LogP contribution in [-0.2, 0) is 11.8 Å². The molecule has 1 fully saturated rings. The van der Waals surface area contributed by atoms with Crippen molar-refractivity contribution in [2.24, 2.45) is 13.0 Å². The van der Waals surface area contributed by atoms with Gasteiger partial charge in [0.05, 0.1) is 11.7 Å². The first-order valence-corrected chi connectivity index (χ1v) is 5.54. The molecule has 2 unspecified atom stereocenters. The predicted molar refractivity (Wildman–Crippen MR) is 58.6 cm³/mol. The van der Waals surface area contributed by atoms with Crippen molar-refractivity contribution in [3.63, 3.8) is 0 Å². The highest BCUT2D eigenvalue weighted by atomic mass is 16.5. The minimum absolute atomic E-state index is 0.359. The van der Waals surface area contributed by atoms with Gasteiger partial charge < -0.3 is 10.1 Å². The van der Waals surface area contributed by atoms with Crippen LogP contribution in [0.2, 0.25) is 0 Å². The van der Waals surface area contributed by atoms with Crippen LogP contribution in [0.5, 0.6) is 0 Å².